The quantitative estimate of drug-likeness (QED) is 0.933. The second kappa shape index (κ2) is 6.54. The van der Waals surface area contributed by atoms with Crippen molar-refractivity contribution in [3.05, 3.63) is 47.5 Å². The van der Waals surface area contributed by atoms with E-state index in [4.69, 9.17) is 9.47 Å². The summed E-state index contributed by atoms with van der Waals surface area (Å²) >= 11 is 0. The van der Waals surface area contributed by atoms with Gasteiger partial charge in [-0.05, 0) is 30.7 Å². The number of benzene rings is 1. The van der Waals surface area contributed by atoms with Crippen LogP contribution in [0.5, 0.6) is 11.5 Å². The highest BCUT2D eigenvalue weighted by Crippen LogP contribution is 2.30. The van der Waals surface area contributed by atoms with Crippen molar-refractivity contribution in [3.63, 3.8) is 0 Å². The number of nitrogens with zero attached hydrogens (tertiary/aromatic N) is 2. The van der Waals surface area contributed by atoms with Crippen LogP contribution in [0.1, 0.15) is 23.5 Å². The smallest absolute Gasteiger partial charge is 0.161 e. The zero-order chi connectivity index (χ0) is 14.5. The van der Waals surface area contributed by atoms with Gasteiger partial charge >= 0.3 is 0 Å². The predicted molar refractivity (Wildman–Crippen MR) is 79.4 cm³/mol. The topological polar surface area (TPSA) is 56.3 Å². The van der Waals surface area contributed by atoms with Gasteiger partial charge in [-0.3, -0.25) is 0 Å². The maximum absolute atomic E-state index is 5.70. The molecule has 2 heterocycles. The first-order valence-electron chi connectivity index (χ1n) is 7.19. The lowest BCUT2D eigenvalue weighted by molar-refractivity contribution is 0.297. The third-order valence-corrected chi connectivity index (χ3v) is 3.28. The molecule has 0 saturated heterocycles. The standard InChI is InChI=1S/C16H19N3O2/c1-12-18-6-5-14(19-12)11-17-10-13-3-4-15-16(9-13)21-8-2-7-20-15/h3-6,9,17H,2,7-8,10-11H2,1H3. The van der Waals surface area contributed by atoms with Gasteiger partial charge in [0.15, 0.2) is 11.5 Å². The van der Waals surface area contributed by atoms with Gasteiger partial charge in [0, 0.05) is 25.7 Å². The summed E-state index contributed by atoms with van der Waals surface area (Å²) in [4.78, 5) is 8.46. The molecule has 1 aromatic heterocycles. The van der Waals surface area contributed by atoms with Crippen LogP contribution in [0.4, 0.5) is 0 Å². The summed E-state index contributed by atoms with van der Waals surface area (Å²) in [6.07, 6.45) is 2.71. The Hall–Kier alpha value is -2.14. The summed E-state index contributed by atoms with van der Waals surface area (Å²) in [5.41, 5.74) is 2.17. The fourth-order valence-electron chi connectivity index (χ4n) is 2.26. The molecule has 0 atom stereocenters. The first-order chi connectivity index (χ1) is 10.3. The predicted octanol–water partition coefficient (Wildman–Crippen LogP) is 2.24. The van der Waals surface area contributed by atoms with Gasteiger partial charge in [0.25, 0.3) is 0 Å². The molecule has 0 saturated carbocycles. The van der Waals surface area contributed by atoms with Gasteiger partial charge in [-0.25, -0.2) is 9.97 Å². The van der Waals surface area contributed by atoms with E-state index in [9.17, 15) is 0 Å². The third-order valence-electron chi connectivity index (χ3n) is 3.28. The Morgan fingerprint density at radius 1 is 1.10 bits per heavy atom. The molecule has 1 aliphatic heterocycles. The maximum atomic E-state index is 5.70. The molecule has 2 aromatic rings. The zero-order valence-corrected chi connectivity index (χ0v) is 12.1. The fraction of sp³-hybridized carbons (Fsp3) is 0.375. The maximum Gasteiger partial charge on any atom is 0.161 e. The van der Waals surface area contributed by atoms with Crippen LogP contribution in [-0.2, 0) is 13.1 Å². The van der Waals surface area contributed by atoms with Crippen LogP contribution in [0.15, 0.2) is 30.5 Å². The van der Waals surface area contributed by atoms with Crippen molar-refractivity contribution in [2.75, 3.05) is 13.2 Å². The summed E-state index contributed by atoms with van der Waals surface area (Å²) < 4.78 is 11.3. The Kier molecular flexibility index (Phi) is 4.31. The summed E-state index contributed by atoms with van der Waals surface area (Å²) in [5, 5.41) is 3.38. The lowest BCUT2D eigenvalue weighted by Crippen LogP contribution is -2.14. The van der Waals surface area contributed by atoms with E-state index in [-0.39, 0.29) is 0 Å². The summed E-state index contributed by atoms with van der Waals surface area (Å²) in [7, 11) is 0. The van der Waals surface area contributed by atoms with Crippen molar-refractivity contribution in [1.29, 1.82) is 0 Å². The number of aryl methyl sites for hydroxylation is 1. The van der Waals surface area contributed by atoms with Gasteiger partial charge in [0.1, 0.15) is 5.82 Å². The van der Waals surface area contributed by atoms with Crippen LogP contribution < -0.4 is 14.8 Å². The summed E-state index contributed by atoms with van der Waals surface area (Å²) in [6, 6.07) is 8.01. The SMILES string of the molecule is Cc1nccc(CNCc2ccc3c(c2)OCCCO3)n1. The Labute approximate surface area is 124 Å². The minimum absolute atomic E-state index is 0.712. The van der Waals surface area contributed by atoms with Crippen LogP contribution in [0, 0.1) is 6.92 Å². The van der Waals surface area contributed by atoms with E-state index in [0.717, 1.165) is 49.1 Å². The molecule has 0 fully saturated rings. The van der Waals surface area contributed by atoms with Gasteiger partial charge in [0.2, 0.25) is 0 Å². The molecule has 5 heteroatoms. The monoisotopic (exact) mass is 285 g/mol. The Morgan fingerprint density at radius 2 is 1.95 bits per heavy atom. The van der Waals surface area contributed by atoms with E-state index in [2.05, 4.69) is 21.4 Å². The minimum Gasteiger partial charge on any atom is -0.490 e. The molecule has 0 spiro atoms. The molecule has 0 radical (unpaired) electrons. The third kappa shape index (κ3) is 3.70. The van der Waals surface area contributed by atoms with Crippen LogP contribution >= 0.6 is 0 Å². The molecule has 1 aliphatic rings. The van der Waals surface area contributed by atoms with E-state index in [1.807, 2.05) is 25.1 Å². The van der Waals surface area contributed by atoms with Gasteiger partial charge in [-0.2, -0.15) is 0 Å². The van der Waals surface area contributed by atoms with Gasteiger partial charge in [-0.1, -0.05) is 6.07 Å². The molecule has 5 nitrogen and oxygen atoms in total. The van der Waals surface area contributed by atoms with Crippen LogP contribution in [0.2, 0.25) is 0 Å². The molecule has 0 aliphatic carbocycles. The van der Waals surface area contributed by atoms with Crippen LogP contribution in [-0.4, -0.2) is 23.2 Å². The van der Waals surface area contributed by atoms with Crippen LogP contribution in [0.25, 0.3) is 0 Å². The molecule has 1 N–H and O–H groups in total. The lowest BCUT2D eigenvalue weighted by Gasteiger charge is -2.10. The molecule has 3 rings (SSSR count). The molecule has 0 bridgehead atoms. The average Bonchev–Trinajstić information content (AvgIpc) is 2.72. The van der Waals surface area contributed by atoms with Gasteiger partial charge in [-0.15, -0.1) is 0 Å². The Bertz CT molecular complexity index is 616. The first-order valence-corrected chi connectivity index (χ1v) is 7.19. The minimum atomic E-state index is 0.712. The Balaban J connectivity index is 1.59. The van der Waals surface area contributed by atoms with Gasteiger partial charge < -0.3 is 14.8 Å². The zero-order valence-electron chi connectivity index (χ0n) is 12.1. The Morgan fingerprint density at radius 3 is 2.81 bits per heavy atom. The number of nitrogens with one attached hydrogen (secondary N) is 1. The van der Waals surface area contributed by atoms with Gasteiger partial charge in [0.05, 0.1) is 18.9 Å². The lowest BCUT2D eigenvalue weighted by atomic mass is 10.2. The number of ether oxygens (including phenoxy) is 2. The van der Waals surface area contributed by atoms with E-state index in [1.165, 1.54) is 5.56 Å². The molecule has 0 unspecified atom stereocenters. The molecule has 21 heavy (non-hydrogen) atoms. The second-order valence-electron chi connectivity index (χ2n) is 5.03. The highest BCUT2D eigenvalue weighted by molar-refractivity contribution is 5.43. The van der Waals surface area contributed by atoms with E-state index >= 15 is 0 Å². The van der Waals surface area contributed by atoms with Crippen molar-refractivity contribution in [3.8, 4) is 11.5 Å². The van der Waals surface area contributed by atoms with E-state index < -0.39 is 0 Å². The second-order valence-corrected chi connectivity index (χ2v) is 5.03. The molecular weight excluding hydrogens is 266 g/mol. The number of fused-ring (bicyclic) bond motifs is 1. The first kappa shape index (κ1) is 13.8. The molecular formula is C16H19N3O2. The normalized spacial score (nSPS) is 13.8. The van der Waals surface area contributed by atoms with Crippen molar-refractivity contribution >= 4 is 0 Å². The summed E-state index contributed by atoms with van der Waals surface area (Å²) in [6.45, 7) is 4.81. The average molecular weight is 285 g/mol. The number of hydrogen-bond donors (Lipinski definition) is 1. The van der Waals surface area contributed by atoms with Crippen molar-refractivity contribution in [2.45, 2.75) is 26.4 Å². The number of aromatic nitrogens is 2. The highest BCUT2D eigenvalue weighted by Gasteiger charge is 2.10. The van der Waals surface area contributed by atoms with E-state index in [1.54, 1.807) is 6.20 Å². The van der Waals surface area contributed by atoms with Crippen LogP contribution in [0.3, 0.4) is 0 Å². The highest BCUT2D eigenvalue weighted by atomic mass is 16.5. The fourth-order valence-corrected chi connectivity index (χ4v) is 2.26. The summed E-state index contributed by atoms with van der Waals surface area (Å²) in [5.74, 6) is 2.47. The van der Waals surface area contributed by atoms with Crippen molar-refractivity contribution < 1.29 is 9.47 Å². The largest absolute Gasteiger partial charge is 0.490 e. The van der Waals surface area contributed by atoms with Crippen molar-refractivity contribution in [2.24, 2.45) is 0 Å². The van der Waals surface area contributed by atoms with Crippen molar-refractivity contribution in [1.82, 2.24) is 15.3 Å². The number of rotatable bonds is 4. The molecule has 1 aromatic carbocycles. The molecule has 0 amide bonds. The van der Waals surface area contributed by atoms with E-state index in [0.29, 0.717) is 6.61 Å². The molecule has 110 valence electrons. The number of hydrogen-bond acceptors (Lipinski definition) is 5.